The van der Waals surface area contributed by atoms with E-state index in [0.29, 0.717) is 25.9 Å². The fourth-order valence-electron chi connectivity index (χ4n) is 1.83. The van der Waals surface area contributed by atoms with Crippen LogP contribution in [-0.2, 0) is 4.79 Å². The molecule has 0 bridgehead atoms. The lowest BCUT2D eigenvalue weighted by Gasteiger charge is -2.22. The van der Waals surface area contributed by atoms with Gasteiger partial charge >= 0.3 is 0 Å². The fraction of sp³-hybridized carbons (Fsp3) is 0.500. The third kappa shape index (κ3) is 5.28. The first-order valence-electron chi connectivity index (χ1n) is 6.67. The number of hydrogen-bond donors (Lipinski definition) is 3. The molecule has 0 aliphatic rings. The van der Waals surface area contributed by atoms with Gasteiger partial charge in [0.2, 0.25) is 5.91 Å². The molecule has 0 fully saturated rings. The minimum Gasteiger partial charge on any atom is -0.395 e. The second-order valence-corrected chi connectivity index (χ2v) is 4.29. The number of nitrogens with zero attached hydrogens (tertiary/aromatic N) is 1. The molecule has 0 unspecified atom stereocenters. The van der Waals surface area contributed by atoms with Gasteiger partial charge < -0.3 is 21.1 Å². The standard InChI is InChI=1S/C14H23N3O2/c1-2-17(10-11-18)13-7-5-12(6-8-13)16-14(19)4-3-9-15/h5-8,18H,2-4,9-11,15H2,1H3,(H,16,19). The molecule has 19 heavy (non-hydrogen) atoms. The van der Waals surface area contributed by atoms with Crippen LogP contribution in [0.4, 0.5) is 11.4 Å². The van der Waals surface area contributed by atoms with Crippen molar-refractivity contribution in [2.24, 2.45) is 5.73 Å². The Morgan fingerprint density at radius 3 is 2.58 bits per heavy atom. The number of carbonyl (C=O) groups is 1. The summed E-state index contributed by atoms with van der Waals surface area (Å²) < 4.78 is 0. The maximum Gasteiger partial charge on any atom is 0.224 e. The summed E-state index contributed by atoms with van der Waals surface area (Å²) in [6.07, 6.45) is 1.15. The number of rotatable bonds is 8. The van der Waals surface area contributed by atoms with Crippen LogP contribution in [0.3, 0.4) is 0 Å². The highest BCUT2D eigenvalue weighted by Gasteiger charge is 2.05. The van der Waals surface area contributed by atoms with E-state index in [2.05, 4.69) is 10.2 Å². The van der Waals surface area contributed by atoms with Gasteiger partial charge in [-0.15, -0.1) is 0 Å². The van der Waals surface area contributed by atoms with E-state index in [1.165, 1.54) is 0 Å². The van der Waals surface area contributed by atoms with Crippen LogP contribution in [0.2, 0.25) is 0 Å². The first kappa shape index (κ1) is 15.5. The molecule has 5 nitrogen and oxygen atoms in total. The smallest absolute Gasteiger partial charge is 0.224 e. The van der Waals surface area contributed by atoms with E-state index in [1.807, 2.05) is 31.2 Å². The normalized spacial score (nSPS) is 10.3. The number of hydrogen-bond acceptors (Lipinski definition) is 4. The van der Waals surface area contributed by atoms with Gasteiger partial charge in [0.25, 0.3) is 0 Å². The quantitative estimate of drug-likeness (QED) is 0.659. The zero-order chi connectivity index (χ0) is 14.1. The van der Waals surface area contributed by atoms with E-state index in [-0.39, 0.29) is 12.5 Å². The molecule has 106 valence electrons. The van der Waals surface area contributed by atoms with Crippen LogP contribution in [0.25, 0.3) is 0 Å². The van der Waals surface area contributed by atoms with Crippen molar-refractivity contribution >= 4 is 17.3 Å². The number of nitrogens with one attached hydrogen (secondary N) is 1. The van der Waals surface area contributed by atoms with E-state index in [0.717, 1.165) is 17.9 Å². The number of amides is 1. The molecule has 1 rings (SSSR count). The summed E-state index contributed by atoms with van der Waals surface area (Å²) in [5.74, 6) is -0.0131. The molecule has 4 N–H and O–H groups in total. The monoisotopic (exact) mass is 265 g/mol. The van der Waals surface area contributed by atoms with Crippen LogP contribution in [0.15, 0.2) is 24.3 Å². The van der Waals surface area contributed by atoms with Gasteiger partial charge in [-0.3, -0.25) is 4.79 Å². The van der Waals surface area contributed by atoms with Gasteiger partial charge in [0.05, 0.1) is 6.61 Å². The molecule has 0 aliphatic carbocycles. The van der Waals surface area contributed by atoms with Gasteiger partial charge in [-0.2, -0.15) is 0 Å². The van der Waals surface area contributed by atoms with Crippen LogP contribution in [-0.4, -0.2) is 37.3 Å². The molecule has 0 aromatic heterocycles. The minimum atomic E-state index is -0.0131. The predicted octanol–water partition coefficient (Wildman–Crippen LogP) is 1.18. The van der Waals surface area contributed by atoms with Gasteiger partial charge in [0.15, 0.2) is 0 Å². The summed E-state index contributed by atoms with van der Waals surface area (Å²) in [6, 6.07) is 7.63. The number of carbonyl (C=O) groups excluding carboxylic acids is 1. The Morgan fingerprint density at radius 1 is 1.37 bits per heavy atom. The second kappa shape index (κ2) is 8.50. The van der Waals surface area contributed by atoms with Crippen LogP contribution >= 0.6 is 0 Å². The largest absolute Gasteiger partial charge is 0.395 e. The highest BCUT2D eigenvalue weighted by molar-refractivity contribution is 5.90. The summed E-state index contributed by atoms with van der Waals surface area (Å²) in [6.45, 7) is 4.14. The maximum absolute atomic E-state index is 11.5. The Labute approximate surface area is 114 Å². The zero-order valence-electron chi connectivity index (χ0n) is 11.4. The summed E-state index contributed by atoms with van der Waals surface area (Å²) in [7, 11) is 0. The minimum absolute atomic E-state index is 0.0131. The molecular formula is C14H23N3O2. The Bertz CT molecular complexity index is 379. The van der Waals surface area contributed by atoms with Crippen molar-refractivity contribution < 1.29 is 9.90 Å². The van der Waals surface area contributed by atoms with Gasteiger partial charge in [0, 0.05) is 30.9 Å². The number of anilines is 2. The third-order valence-electron chi connectivity index (χ3n) is 2.88. The van der Waals surface area contributed by atoms with Gasteiger partial charge in [0.1, 0.15) is 0 Å². The summed E-state index contributed by atoms with van der Waals surface area (Å²) in [5, 5.41) is 11.8. The maximum atomic E-state index is 11.5. The molecule has 0 heterocycles. The molecule has 0 radical (unpaired) electrons. The van der Waals surface area contributed by atoms with Crippen LogP contribution in [0.5, 0.6) is 0 Å². The molecule has 1 aromatic rings. The third-order valence-corrected chi connectivity index (χ3v) is 2.88. The first-order chi connectivity index (χ1) is 9.21. The van der Waals surface area contributed by atoms with Crippen LogP contribution < -0.4 is 16.0 Å². The number of likely N-dealkylation sites (N-methyl/N-ethyl adjacent to an activating group) is 1. The molecule has 0 aliphatic heterocycles. The molecular weight excluding hydrogens is 242 g/mol. The highest BCUT2D eigenvalue weighted by atomic mass is 16.3. The van der Waals surface area contributed by atoms with E-state index in [9.17, 15) is 4.79 Å². The topological polar surface area (TPSA) is 78.6 Å². The molecule has 1 amide bonds. The molecule has 5 heteroatoms. The number of aliphatic hydroxyl groups is 1. The average Bonchev–Trinajstić information content (AvgIpc) is 2.43. The summed E-state index contributed by atoms with van der Waals surface area (Å²) in [5.41, 5.74) is 7.18. The van der Waals surface area contributed by atoms with Crippen molar-refractivity contribution in [2.75, 3.05) is 36.5 Å². The molecule has 0 saturated heterocycles. The van der Waals surface area contributed by atoms with E-state index in [1.54, 1.807) is 0 Å². The van der Waals surface area contributed by atoms with E-state index < -0.39 is 0 Å². The van der Waals surface area contributed by atoms with Gasteiger partial charge in [-0.1, -0.05) is 0 Å². The van der Waals surface area contributed by atoms with Crippen molar-refractivity contribution in [1.29, 1.82) is 0 Å². The highest BCUT2D eigenvalue weighted by Crippen LogP contribution is 2.17. The second-order valence-electron chi connectivity index (χ2n) is 4.29. The first-order valence-corrected chi connectivity index (χ1v) is 6.67. The van der Waals surface area contributed by atoms with E-state index in [4.69, 9.17) is 10.8 Å². The lowest BCUT2D eigenvalue weighted by molar-refractivity contribution is -0.116. The Hall–Kier alpha value is -1.59. The Kier molecular flexibility index (Phi) is 6.92. The Balaban J connectivity index is 2.58. The lowest BCUT2D eigenvalue weighted by atomic mass is 10.2. The van der Waals surface area contributed by atoms with Crippen molar-refractivity contribution in [2.45, 2.75) is 19.8 Å². The summed E-state index contributed by atoms with van der Waals surface area (Å²) >= 11 is 0. The fourth-order valence-corrected chi connectivity index (χ4v) is 1.83. The van der Waals surface area contributed by atoms with Crippen LogP contribution in [0.1, 0.15) is 19.8 Å². The van der Waals surface area contributed by atoms with Crippen molar-refractivity contribution in [1.82, 2.24) is 0 Å². The van der Waals surface area contributed by atoms with Crippen LogP contribution in [0, 0.1) is 0 Å². The zero-order valence-corrected chi connectivity index (χ0v) is 11.4. The number of aliphatic hydroxyl groups excluding tert-OH is 1. The van der Waals surface area contributed by atoms with Crippen molar-refractivity contribution in [3.8, 4) is 0 Å². The van der Waals surface area contributed by atoms with E-state index >= 15 is 0 Å². The SMILES string of the molecule is CCN(CCO)c1ccc(NC(=O)CCCN)cc1. The van der Waals surface area contributed by atoms with Crippen molar-refractivity contribution in [3.05, 3.63) is 24.3 Å². The molecule has 1 aromatic carbocycles. The lowest BCUT2D eigenvalue weighted by Crippen LogP contribution is -2.26. The van der Waals surface area contributed by atoms with Crippen molar-refractivity contribution in [3.63, 3.8) is 0 Å². The predicted molar refractivity (Wildman–Crippen MR) is 78.3 cm³/mol. The summed E-state index contributed by atoms with van der Waals surface area (Å²) in [4.78, 5) is 13.6. The molecule has 0 atom stereocenters. The Morgan fingerprint density at radius 2 is 2.05 bits per heavy atom. The average molecular weight is 265 g/mol. The molecule has 0 saturated carbocycles. The van der Waals surface area contributed by atoms with Gasteiger partial charge in [-0.05, 0) is 44.2 Å². The number of benzene rings is 1. The number of nitrogens with two attached hydrogens (primary N) is 1. The van der Waals surface area contributed by atoms with Gasteiger partial charge in [-0.25, -0.2) is 0 Å². The molecule has 0 spiro atoms.